The van der Waals surface area contributed by atoms with Crippen LogP contribution >= 0.6 is 0 Å². The third-order valence-corrected chi connectivity index (χ3v) is 8.24. The van der Waals surface area contributed by atoms with E-state index in [1.807, 2.05) is 6.92 Å². The number of H-pyrrole nitrogens is 1. The van der Waals surface area contributed by atoms with Gasteiger partial charge >= 0.3 is 0 Å². The lowest BCUT2D eigenvalue weighted by molar-refractivity contribution is 0.0981. The number of nitrogens with one attached hydrogen (secondary N) is 2. The van der Waals surface area contributed by atoms with Gasteiger partial charge in [0.25, 0.3) is 0 Å². The molecule has 0 bridgehead atoms. The maximum absolute atomic E-state index is 6.28. The van der Waals surface area contributed by atoms with Crippen LogP contribution in [0.25, 0.3) is 22.2 Å². The van der Waals surface area contributed by atoms with Gasteiger partial charge < -0.3 is 25.6 Å². The molecule has 4 aromatic rings. The average Bonchev–Trinajstić information content (AvgIpc) is 3.50. The van der Waals surface area contributed by atoms with Crippen molar-refractivity contribution >= 4 is 34.0 Å². The van der Waals surface area contributed by atoms with Gasteiger partial charge in [0.15, 0.2) is 11.6 Å². The summed E-state index contributed by atoms with van der Waals surface area (Å²) in [7, 11) is 3.95. The number of hydrogen-bond acceptors (Lipinski definition) is 10. The van der Waals surface area contributed by atoms with Gasteiger partial charge in [0.2, 0.25) is 0 Å². The number of ether oxygens (including phenoxy) is 1. The fraction of sp³-hybridized carbons (Fsp3) is 0.448. The molecule has 2 saturated heterocycles. The van der Waals surface area contributed by atoms with Gasteiger partial charge in [-0.2, -0.15) is 5.10 Å². The number of aryl methyl sites for hydroxylation is 1. The van der Waals surface area contributed by atoms with Crippen LogP contribution in [0.4, 0.5) is 23.0 Å². The molecule has 4 N–H and O–H groups in total. The number of anilines is 4. The van der Waals surface area contributed by atoms with Gasteiger partial charge in [-0.3, -0.25) is 10.00 Å². The van der Waals surface area contributed by atoms with Crippen molar-refractivity contribution in [1.29, 1.82) is 0 Å². The number of aromatic amines is 1. The average molecular weight is 543 g/mol. The van der Waals surface area contributed by atoms with E-state index in [9.17, 15) is 0 Å². The molecule has 0 aliphatic carbocycles. The van der Waals surface area contributed by atoms with Crippen molar-refractivity contribution in [3.63, 3.8) is 0 Å². The molecule has 0 atom stereocenters. The van der Waals surface area contributed by atoms with Crippen LogP contribution in [0.5, 0.6) is 5.75 Å². The molecule has 210 valence electrons. The maximum Gasteiger partial charge on any atom is 0.153 e. The molecule has 3 aromatic heterocycles. The fourth-order valence-electron chi connectivity index (χ4n) is 5.87. The van der Waals surface area contributed by atoms with Crippen molar-refractivity contribution in [2.75, 3.05) is 69.4 Å². The number of nitrogens with zero attached hydrogens (tertiary/aromatic N) is 7. The van der Waals surface area contributed by atoms with Gasteiger partial charge in [0.05, 0.1) is 30.4 Å². The number of likely N-dealkylation sites (N-methyl/N-ethyl adjacent to an activating group) is 1. The van der Waals surface area contributed by atoms with Crippen LogP contribution in [0.15, 0.2) is 36.8 Å². The summed E-state index contributed by atoms with van der Waals surface area (Å²) in [6.07, 6.45) is 8.30. The standard InChI is InChI=1S/C29H38N10O/c1-4-23-29(34-20-16-32-33-17-20)36-26-22(18-31-28(30)27(26)35-23)19-5-6-24(25(15-19)40-3)39-9-7-21(8-10-39)38-13-11-37(2)12-14-38/h5-6,15-18,21H,4,7-14H2,1-3H3,(H2,30,31)(H,32,33)(H,34,36). The number of piperazine rings is 1. The summed E-state index contributed by atoms with van der Waals surface area (Å²) in [5.74, 6) is 1.88. The van der Waals surface area contributed by atoms with E-state index >= 15 is 0 Å². The van der Waals surface area contributed by atoms with Crippen molar-refractivity contribution in [3.05, 3.63) is 42.5 Å². The lowest BCUT2D eigenvalue weighted by Crippen LogP contribution is -2.52. The third-order valence-electron chi connectivity index (χ3n) is 8.24. The quantitative estimate of drug-likeness (QED) is 0.319. The largest absolute Gasteiger partial charge is 0.495 e. The summed E-state index contributed by atoms with van der Waals surface area (Å²) in [4.78, 5) is 21.9. The Morgan fingerprint density at radius 1 is 1.05 bits per heavy atom. The molecule has 2 fully saturated rings. The molecule has 2 aliphatic rings. The third kappa shape index (κ3) is 5.14. The van der Waals surface area contributed by atoms with Gasteiger partial charge in [0, 0.05) is 63.3 Å². The van der Waals surface area contributed by atoms with E-state index in [1.165, 1.54) is 25.9 Å². The van der Waals surface area contributed by atoms with Gasteiger partial charge in [-0.25, -0.2) is 15.0 Å². The summed E-state index contributed by atoms with van der Waals surface area (Å²) in [5.41, 5.74) is 12.1. The Bertz CT molecular complexity index is 1460. The molecule has 2 aliphatic heterocycles. The minimum absolute atomic E-state index is 0.364. The Morgan fingerprint density at radius 3 is 2.55 bits per heavy atom. The van der Waals surface area contributed by atoms with Gasteiger partial charge in [0.1, 0.15) is 16.8 Å². The predicted molar refractivity (Wildman–Crippen MR) is 159 cm³/mol. The van der Waals surface area contributed by atoms with Crippen LogP contribution in [-0.4, -0.2) is 94.4 Å². The van der Waals surface area contributed by atoms with Crippen LogP contribution in [0.3, 0.4) is 0 Å². The van der Waals surface area contributed by atoms with Crippen molar-refractivity contribution in [2.24, 2.45) is 0 Å². The van der Waals surface area contributed by atoms with Crippen molar-refractivity contribution in [3.8, 4) is 16.9 Å². The molecule has 0 spiro atoms. The van der Waals surface area contributed by atoms with E-state index in [0.717, 1.165) is 60.1 Å². The Morgan fingerprint density at radius 2 is 1.85 bits per heavy atom. The first-order valence-corrected chi connectivity index (χ1v) is 14.1. The summed E-state index contributed by atoms with van der Waals surface area (Å²) in [6, 6.07) is 7.02. The number of rotatable bonds is 7. The highest BCUT2D eigenvalue weighted by Gasteiger charge is 2.28. The zero-order valence-electron chi connectivity index (χ0n) is 23.5. The monoisotopic (exact) mass is 542 g/mol. The van der Waals surface area contributed by atoms with Crippen LogP contribution in [0, 0.1) is 0 Å². The van der Waals surface area contributed by atoms with Gasteiger partial charge in [-0.1, -0.05) is 13.0 Å². The molecule has 0 amide bonds. The second-order valence-electron chi connectivity index (χ2n) is 10.7. The molecule has 40 heavy (non-hydrogen) atoms. The van der Waals surface area contributed by atoms with Crippen LogP contribution < -0.4 is 20.7 Å². The Kier molecular flexibility index (Phi) is 7.40. The minimum Gasteiger partial charge on any atom is -0.495 e. The Labute approximate surface area is 234 Å². The van der Waals surface area contributed by atoms with Crippen molar-refractivity contribution in [1.82, 2.24) is 34.9 Å². The Hall–Kier alpha value is -3.96. The molecular formula is C29H38N10O. The smallest absolute Gasteiger partial charge is 0.153 e. The molecule has 5 heterocycles. The van der Waals surface area contributed by atoms with E-state index in [1.54, 1.807) is 25.7 Å². The molecule has 11 heteroatoms. The maximum atomic E-state index is 6.28. The van der Waals surface area contributed by atoms with Crippen molar-refractivity contribution in [2.45, 2.75) is 32.2 Å². The number of pyridine rings is 1. The van der Waals surface area contributed by atoms with Crippen LogP contribution in [0.1, 0.15) is 25.5 Å². The summed E-state index contributed by atoms with van der Waals surface area (Å²) >= 11 is 0. The Balaban J connectivity index is 1.28. The lowest BCUT2D eigenvalue weighted by Gasteiger charge is -2.42. The lowest BCUT2D eigenvalue weighted by atomic mass is 10.00. The summed E-state index contributed by atoms with van der Waals surface area (Å²) < 4.78 is 5.92. The predicted octanol–water partition coefficient (Wildman–Crippen LogP) is 3.53. The van der Waals surface area contributed by atoms with Crippen LogP contribution in [0.2, 0.25) is 0 Å². The first kappa shape index (κ1) is 26.3. The van der Waals surface area contributed by atoms with E-state index in [-0.39, 0.29) is 0 Å². The number of hydrogen-bond donors (Lipinski definition) is 3. The summed E-state index contributed by atoms with van der Waals surface area (Å²) in [5, 5.41) is 10.2. The number of nitrogens with two attached hydrogens (primary N) is 1. The van der Waals surface area contributed by atoms with E-state index in [2.05, 4.69) is 60.4 Å². The first-order valence-electron chi connectivity index (χ1n) is 14.1. The van der Waals surface area contributed by atoms with Gasteiger partial charge in [-0.15, -0.1) is 0 Å². The second-order valence-corrected chi connectivity index (χ2v) is 10.7. The molecule has 0 radical (unpaired) electrons. The van der Waals surface area contributed by atoms with E-state index in [0.29, 0.717) is 35.1 Å². The zero-order valence-corrected chi connectivity index (χ0v) is 23.5. The van der Waals surface area contributed by atoms with E-state index < -0.39 is 0 Å². The molecule has 6 rings (SSSR count). The second kappa shape index (κ2) is 11.3. The SMILES string of the molecule is CCc1nc2c(N)ncc(-c3ccc(N4CCC(N5CCN(C)CC5)CC4)c(OC)c3)c2nc1Nc1cn[nH]c1. The molecule has 11 nitrogen and oxygen atoms in total. The number of fused-ring (bicyclic) bond motifs is 1. The number of methoxy groups -OCH3 is 1. The highest BCUT2D eigenvalue weighted by atomic mass is 16.5. The molecular weight excluding hydrogens is 504 g/mol. The molecule has 0 saturated carbocycles. The normalized spacial score (nSPS) is 17.4. The number of nitrogen functional groups attached to an aromatic ring is 1. The highest BCUT2D eigenvalue weighted by molar-refractivity contribution is 5.97. The van der Waals surface area contributed by atoms with E-state index in [4.69, 9.17) is 20.4 Å². The van der Waals surface area contributed by atoms with Gasteiger partial charge in [-0.05, 0) is 44.0 Å². The number of benzene rings is 1. The fourth-order valence-corrected chi connectivity index (χ4v) is 5.87. The van der Waals surface area contributed by atoms with Crippen LogP contribution in [-0.2, 0) is 6.42 Å². The van der Waals surface area contributed by atoms with Crippen molar-refractivity contribution < 1.29 is 4.74 Å². The molecule has 1 aromatic carbocycles. The first-order chi connectivity index (χ1) is 19.5. The number of aromatic nitrogens is 5. The zero-order chi connectivity index (χ0) is 27.6. The number of piperidine rings is 1. The minimum atomic E-state index is 0.364. The topological polar surface area (TPSA) is 124 Å². The highest BCUT2D eigenvalue weighted by Crippen LogP contribution is 2.38. The molecule has 0 unspecified atom stereocenters. The summed E-state index contributed by atoms with van der Waals surface area (Å²) in [6.45, 7) is 8.75.